The average molecular weight is 211 g/mol. The minimum Gasteiger partial charge on any atom is -0.325 e. The van der Waals surface area contributed by atoms with Gasteiger partial charge in [-0.1, -0.05) is 40.0 Å². The first-order chi connectivity index (χ1) is 6.81. The molecule has 2 unspecified atom stereocenters. The Bertz CT molecular complexity index is 194. The Balaban J connectivity index is 2.58. The largest absolute Gasteiger partial charge is 0.325 e. The van der Waals surface area contributed by atoms with E-state index in [1.54, 1.807) is 0 Å². The Morgan fingerprint density at radius 3 is 2.33 bits per heavy atom. The van der Waals surface area contributed by atoms with Gasteiger partial charge < -0.3 is 5.73 Å². The molecule has 0 aromatic rings. The van der Waals surface area contributed by atoms with E-state index in [-0.39, 0.29) is 5.54 Å². The molecule has 2 atom stereocenters. The van der Waals surface area contributed by atoms with Crippen molar-refractivity contribution in [3.63, 3.8) is 0 Å². The van der Waals surface area contributed by atoms with Gasteiger partial charge in [-0.15, -0.1) is 0 Å². The fraction of sp³-hybridized carbons (Fsp3) is 1.00. The molecule has 0 aromatic carbocycles. The topological polar surface area (TPSA) is 26.0 Å². The molecule has 1 aliphatic rings. The number of nitrogens with two attached hydrogens (primary N) is 1. The molecule has 15 heavy (non-hydrogen) atoms. The van der Waals surface area contributed by atoms with Crippen molar-refractivity contribution >= 4 is 0 Å². The summed E-state index contributed by atoms with van der Waals surface area (Å²) < 4.78 is 0. The summed E-state index contributed by atoms with van der Waals surface area (Å²) >= 11 is 0. The van der Waals surface area contributed by atoms with Crippen LogP contribution in [-0.4, -0.2) is 5.54 Å². The van der Waals surface area contributed by atoms with Gasteiger partial charge in [0.2, 0.25) is 0 Å². The fourth-order valence-corrected chi connectivity index (χ4v) is 2.92. The van der Waals surface area contributed by atoms with Crippen LogP contribution < -0.4 is 5.73 Å². The van der Waals surface area contributed by atoms with Crippen LogP contribution >= 0.6 is 0 Å². The van der Waals surface area contributed by atoms with Gasteiger partial charge in [-0.3, -0.25) is 0 Å². The van der Waals surface area contributed by atoms with Crippen LogP contribution in [0.15, 0.2) is 0 Å². The Kier molecular flexibility index (Phi) is 4.22. The minimum absolute atomic E-state index is 0.0812. The molecular formula is C14H29N. The maximum atomic E-state index is 6.32. The van der Waals surface area contributed by atoms with Crippen molar-refractivity contribution in [1.29, 1.82) is 0 Å². The minimum atomic E-state index is 0.0812. The predicted molar refractivity (Wildman–Crippen MR) is 67.9 cm³/mol. The predicted octanol–water partition coefficient (Wildman–Crippen LogP) is 4.11. The molecule has 0 spiro atoms. The molecule has 1 heteroatoms. The van der Waals surface area contributed by atoms with Crippen LogP contribution in [0.3, 0.4) is 0 Å². The highest BCUT2D eigenvalue weighted by Crippen LogP contribution is 2.36. The molecule has 0 heterocycles. The summed E-state index contributed by atoms with van der Waals surface area (Å²) in [5, 5.41) is 0. The van der Waals surface area contributed by atoms with Crippen molar-refractivity contribution in [3.8, 4) is 0 Å². The van der Waals surface area contributed by atoms with E-state index >= 15 is 0 Å². The molecular weight excluding hydrogens is 182 g/mol. The van der Waals surface area contributed by atoms with Gasteiger partial charge in [-0.2, -0.15) is 0 Å². The summed E-state index contributed by atoms with van der Waals surface area (Å²) in [4.78, 5) is 0. The molecule has 0 bridgehead atoms. The van der Waals surface area contributed by atoms with E-state index < -0.39 is 0 Å². The van der Waals surface area contributed by atoms with Crippen molar-refractivity contribution in [2.75, 3.05) is 0 Å². The lowest BCUT2D eigenvalue weighted by atomic mass is 9.74. The molecule has 1 fully saturated rings. The van der Waals surface area contributed by atoms with Crippen molar-refractivity contribution < 1.29 is 0 Å². The van der Waals surface area contributed by atoms with Gasteiger partial charge in [-0.25, -0.2) is 0 Å². The highest BCUT2D eigenvalue weighted by atomic mass is 14.7. The van der Waals surface area contributed by atoms with E-state index in [0.29, 0.717) is 5.41 Å². The molecule has 90 valence electrons. The van der Waals surface area contributed by atoms with Crippen LogP contribution in [-0.2, 0) is 0 Å². The molecule has 2 N–H and O–H groups in total. The van der Waals surface area contributed by atoms with E-state index in [4.69, 9.17) is 5.73 Å². The standard InChI is InChI=1S/C14H29N/c1-12-7-5-6-8-14(4,15)10-9-13(2,3)11-12/h12H,5-11,15H2,1-4H3. The van der Waals surface area contributed by atoms with E-state index in [1.807, 2.05) is 0 Å². The highest BCUT2D eigenvalue weighted by molar-refractivity contribution is 4.84. The highest BCUT2D eigenvalue weighted by Gasteiger charge is 2.27. The van der Waals surface area contributed by atoms with Crippen molar-refractivity contribution in [1.82, 2.24) is 0 Å². The third-order valence-electron chi connectivity index (χ3n) is 3.97. The number of hydrogen-bond acceptors (Lipinski definition) is 1. The van der Waals surface area contributed by atoms with Crippen molar-refractivity contribution in [2.24, 2.45) is 17.1 Å². The zero-order valence-corrected chi connectivity index (χ0v) is 11.1. The van der Waals surface area contributed by atoms with Crippen LogP contribution in [0.5, 0.6) is 0 Å². The average Bonchev–Trinajstić information content (AvgIpc) is 2.08. The fourth-order valence-electron chi connectivity index (χ4n) is 2.92. The molecule has 0 saturated heterocycles. The number of rotatable bonds is 0. The Morgan fingerprint density at radius 1 is 1.00 bits per heavy atom. The second kappa shape index (κ2) is 4.86. The van der Waals surface area contributed by atoms with Gasteiger partial charge in [-0.05, 0) is 43.9 Å². The molecule has 1 aliphatic carbocycles. The maximum Gasteiger partial charge on any atom is 0.0126 e. The lowest BCUT2D eigenvalue weighted by Crippen LogP contribution is -2.37. The Morgan fingerprint density at radius 2 is 1.67 bits per heavy atom. The Hall–Kier alpha value is -0.0400. The number of hydrogen-bond donors (Lipinski definition) is 1. The summed E-state index contributed by atoms with van der Waals surface area (Å²) in [5.41, 5.74) is 6.89. The van der Waals surface area contributed by atoms with Gasteiger partial charge in [0.05, 0.1) is 0 Å². The monoisotopic (exact) mass is 211 g/mol. The Labute approximate surface area is 95.8 Å². The van der Waals surface area contributed by atoms with Gasteiger partial charge in [0.1, 0.15) is 0 Å². The molecule has 0 amide bonds. The third kappa shape index (κ3) is 5.01. The lowest BCUT2D eigenvalue weighted by molar-refractivity contribution is 0.202. The molecule has 0 aromatic heterocycles. The summed E-state index contributed by atoms with van der Waals surface area (Å²) in [7, 11) is 0. The summed E-state index contributed by atoms with van der Waals surface area (Å²) in [5.74, 6) is 0.891. The van der Waals surface area contributed by atoms with E-state index in [9.17, 15) is 0 Å². The summed E-state index contributed by atoms with van der Waals surface area (Å²) in [6.07, 6.45) is 9.11. The van der Waals surface area contributed by atoms with E-state index in [1.165, 1.54) is 44.9 Å². The molecule has 1 saturated carbocycles. The first kappa shape index (κ1) is 13.0. The third-order valence-corrected chi connectivity index (χ3v) is 3.97. The molecule has 1 nitrogen and oxygen atoms in total. The zero-order chi connectivity index (χ0) is 11.5. The van der Waals surface area contributed by atoms with Crippen LogP contribution in [0.25, 0.3) is 0 Å². The summed E-state index contributed by atoms with van der Waals surface area (Å²) in [6, 6.07) is 0. The summed E-state index contributed by atoms with van der Waals surface area (Å²) in [6.45, 7) is 9.45. The second-order valence-electron chi connectivity index (χ2n) is 6.87. The van der Waals surface area contributed by atoms with Crippen LogP contribution in [0.4, 0.5) is 0 Å². The van der Waals surface area contributed by atoms with E-state index in [0.717, 1.165) is 5.92 Å². The normalized spacial score (nSPS) is 38.6. The molecule has 1 rings (SSSR count). The van der Waals surface area contributed by atoms with Crippen molar-refractivity contribution in [2.45, 2.75) is 78.2 Å². The molecule has 0 aliphatic heterocycles. The van der Waals surface area contributed by atoms with Gasteiger partial charge in [0.25, 0.3) is 0 Å². The lowest BCUT2D eigenvalue weighted by Gasteiger charge is -2.34. The van der Waals surface area contributed by atoms with Gasteiger partial charge >= 0.3 is 0 Å². The van der Waals surface area contributed by atoms with E-state index in [2.05, 4.69) is 27.7 Å². The quantitative estimate of drug-likeness (QED) is 0.641. The first-order valence-electron chi connectivity index (χ1n) is 6.60. The van der Waals surface area contributed by atoms with Crippen molar-refractivity contribution in [3.05, 3.63) is 0 Å². The van der Waals surface area contributed by atoms with Crippen LogP contribution in [0.1, 0.15) is 72.6 Å². The van der Waals surface area contributed by atoms with Gasteiger partial charge in [0.15, 0.2) is 0 Å². The van der Waals surface area contributed by atoms with Crippen LogP contribution in [0, 0.1) is 11.3 Å². The van der Waals surface area contributed by atoms with Gasteiger partial charge in [0, 0.05) is 5.54 Å². The smallest absolute Gasteiger partial charge is 0.0126 e. The second-order valence-corrected chi connectivity index (χ2v) is 6.87. The first-order valence-corrected chi connectivity index (χ1v) is 6.60. The molecule has 0 radical (unpaired) electrons. The van der Waals surface area contributed by atoms with Crippen LogP contribution in [0.2, 0.25) is 0 Å². The SMILES string of the molecule is CC1CCCCC(C)(N)CCC(C)(C)C1. The zero-order valence-electron chi connectivity index (χ0n) is 11.1. The maximum absolute atomic E-state index is 6.32.